The molecule has 0 aromatic heterocycles. The summed E-state index contributed by atoms with van der Waals surface area (Å²) in [4.78, 5) is 16.7. The molecule has 1 aliphatic heterocycles. The van der Waals surface area contributed by atoms with Gasteiger partial charge in [0.1, 0.15) is 5.72 Å². The van der Waals surface area contributed by atoms with Gasteiger partial charge in [-0.05, 0) is 20.3 Å². The predicted octanol–water partition coefficient (Wildman–Crippen LogP) is 1.44. The van der Waals surface area contributed by atoms with E-state index in [0.29, 0.717) is 6.61 Å². The summed E-state index contributed by atoms with van der Waals surface area (Å²) in [6, 6.07) is 0.0733. The van der Waals surface area contributed by atoms with Gasteiger partial charge in [0.2, 0.25) is 0 Å². The Labute approximate surface area is 96.0 Å². The first-order chi connectivity index (χ1) is 7.44. The van der Waals surface area contributed by atoms with Crippen molar-refractivity contribution in [2.75, 3.05) is 6.61 Å². The first-order valence-corrected chi connectivity index (χ1v) is 5.60. The van der Waals surface area contributed by atoms with Crippen molar-refractivity contribution >= 4 is 11.6 Å². The molecule has 0 aliphatic carbocycles. The molecule has 90 valence electrons. The van der Waals surface area contributed by atoms with E-state index < -0.39 is 5.72 Å². The van der Waals surface area contributed by atoms with Gasteiger partial charge in [-0.25, -0.2) is 0 Å². The quantitative estimate of drug-likeness (QED) is 0.414. The molecular weight excluding hydrogens is 206 g/mol. The Balaban J connectivity index is 2.95. The molecule has 0 radical (unpaired) electrons. The molecule has 5 heteroatoms. The number of carbonyl (C=O) groups is 1. The lowest BCUT2D eigenvalue weighted by atomic mass is 10.1. The molecule has 0 saturated carbocycles. The fourth-order valence-corrected chi connectivity index (χ4v) is 2.06. The van der Waals surface area contributed by atoms with Crippen molar-refractivity contribution in [1.29, 1.82) is 0 Å². The molecule has 1 rings (SSSR count). The number of nitrogens with zero attached hydrogens (tertiary/aromatic N) is 3. The van der Waals surface area contributed by atoms with E-state index in [4.69, 9.17) is 10.3 Å². The lowest BCUT2D eigenvalue weighted by molar-refractivity contribution is -0.143. The van der Waals surface area contributed by atoms with Crippen LogP contribution < -0.4 is 0 Å². The molecule has 0 spiro atoms. The molecule has 1 saturated heterocycles. The van der Waals surface area contributed by atoms with Crippen LogP contribution in [0.3, 0.4) is 0 Å². The fraction of sp³-hybridized carbons (Fsp3) is 0.818. The van der Waals surface area contributed by atoms with Crippen LogP contribution in [0.15, 0.2) is 0 Å². The monoisotopic (exact) mass is 225 g/mol. The molecule has 1 heterocycles. The highest BCUT2D eigenvalue weighted by atomic mass is 16.5. The van der Waals surface area contributed by atoms with Gasteiger partial charge >= 0.3 is 11.6 Å². The number of hydrogen-bond donors (Lipinski definition) is 0. The second-order valence-electron chi connectivity index (χ2n) is 4.56. The van der Waals surface area contributed by atoms with Gasteiger partial charge in [0, 0.05) is 6.92 Å². The van der Waals surface area contributed by atoms with Gasteiger partial charge < -0.3 is 10.3 Å². The second-order valence-corrected chi connectivity index (χ2v) is 4.56. The molecule has 5 nitrogen and oxygen atoms in total. The second kappa shape index (κ2) is 4.76. The van der Waals surface area contributed by atoms with Crippen LogP contribution in [0, 0.1) is 0 Å². The third kappa shape index (κ3) is 2.31. The van der Waals surface area contributed by atoms with Gasteiger partial charge in [-0.15, -0.1) is 0 Å². The van der Waals surface area contributed by atoms with Crippen molar-refractivity contribution in [3.05, 3.63) is 5.53 Å². The summed E-state index contributed by atoms with van der Waals surface area (Å²) in [5.41, 5.74) is 8.13. The van der Waals surface area contributed by atoms with Crippen molar-refractivity contribution in [2.45, 2.75) is 52.3 Å². The van der Waals surface area contributed by atoms with E-state index in [-0.39, 0.29) is 17.7 Å². The highest BCUT2D eigenvalue weighted by Gasteiger charge is 2.45. The highest BCUT2D eigenvalue weighted by molar-refractivity contribution is 6.35. The summed E-state index contributed by atoms with van der Waals surface area (Å²) in [6.07, 6.45) is 1.89. The zero-order valence-electron chi connectivity index (χ0n) is 10.4. The Hall–Kier alpha value is -1.19. The Morgan fingerprint density at radius 1 is 1.62 bits per heavy atom. The summed E-state index contributed by atoms with van der Waals surface area (Å²) >= 11 is 0. The predicted molar refractivity (Wildman–Crippen MR) is 59.9 cm³/mol. The van der Waals surface area contributed by atoms with Crippen LogP contribution in [0.5, 0.6) is 0 Å². The number of ether oxygens (including phenoxy) is 1. The van der Waals surface area contributed by atoms with Gasteiger partial charge in [0.05, 0.1) is 12.6 Å². The van der Waals surface area contributed by atoms with Crippen LogP contribution in [0.25, 0.3) is 5.53 Å². The SMILES string of the molecule is CCCC1COC(C)(C)N1C(=O)C(C)=[N+]=[N-]. The van der Waals surface area contributed by atoms with Crippen LogP contribution in [0.4, 0.5) is 0 Å². The van der Waals surface area contributed by atoms with Crippen LogP contribution in [-0.2, 0) is 9.53 Å². The molecular formula is C11H19N3O2. The highest BCUT2D eigenvalue weighted by Crippen LogP contribution is 2.29. The smallest absolute Gasteiger partial charge is 0.353 e. The maximum atomic E-state index is 12.0. The normalized spacial score (nSPS) is 23.0. The van der Waals surface area contributed by atoms with Gasteiger partial charge in [-0.3, -0.25) is 9.69 Å². The minimum Gasteiger partial charge on any atom is -0.361 e. The van der Waals surface area contributed by atoms with E-state index in [1.165, 1.54) is 6.92 Å². The van der Waals surface area contributed by atoms with Crippen LogP contribution in [-0.4, -0.2) is 39.7 Å². The number of rotatable bonds is 3. The van der Waals surface area contributed by atoms with Crippen LogP contribution in [0.1, 0.15) is 40.5 Å². The minimum absolute atomic E-state index is 0.0733. The molecule has 0 N–H and O–H groups in total. The summed E-state index contributed by atoms with van der Waals surface area (Å²) in [7, 11) is 0. The van der Waals surface area contributed by atoms with Crippen molar-refractivity contribution in [2.24, 2.45) is 0 Å². The lowest BCUT2D eigenvalue weighted by Gasteiger charge is -2.32. The van der Waals surface area contributed by atoms with Crippen LogP contribution in [0.2, 0.25) is 0 Å². The number of carbonyl (C=O) groups excluding carboxylic acids is 1. The zero-order chi connectivity index (χ0) is 12.3. The topological polar surface area (TPSA) is 65.9 Å². The summed E-state index contributed by atoms with van der Waals surface area (Å²) < 4.78 is 5.60. The Bertz CT molecular complexity index is 332. The Kier molecular flexibility index (Phi) is 3.83. The minimum atomic E-state index is -0.622. The first kappa shape index (κ1) is 12.9. The maximum absolute atomic E-state index is 12.0. The molecule has 0 aromatic carbocycles. The first-order valence-electron chi connectivity index (χ1n) is 5.60. The Morgan fingerprint density at radius 2 is 2.25 bits per heavy atom. The van der Waals surface area contributed by atoms with Crippen LogP contribution >= 0.6 is 0 Å². The van der Waals surface area contributed by atoms with E-state index in [9.17, 15) is 4.79 Å². The van der Waals surface area contributed by atoms with Gasteiger partial charge in [-0.1, -0.05) is 13.3 Å². The number of hydrogen-bond acceptors (Lipinski definition) is 2. The molecule has 16 heavy (non-hydrogen) atoms. The summed E-state index contributed by atoms with van der Waals surface area (Å²) in [6.45, 7) is 7.82. The fourth-order valence-electron chi connectivity index (χ4n) is 2.06. The third-order valence-electron chi connectivity index (χ3n) is 2.87. The van der Waals surface area contributed by atoms with E-state index >= 15 is 0 Å². The average molecular weight is 225 g/mol. The van der Waals surface area contributed by atoms with E-state index in [2.05, 4.69) is 11.7 Å². The largest absolute Gasteiger partial charge is 0.361 e. The summed E-state index contributed by atoms with van der Waals surface area (Å²) in [5, 5.41) is 0. The molecule has 1 amide bonds. The standard InChI is InChI=1S/C11H19N3O2/c1-5-6-9-7-16-11(3,4)14(9)10(15)8(2)13-12/h9H,5-7H2,1-4H3. The van der Waals surface area contributed by atoms with Crippen molar-refractivity contribution in [1.82, 2.24) is 4.90 Å². The lowest BCUT2D eigenvalue weighted by Crippen LogP contribution is -2.50. The molecule has 0 aromatic rings. The van der Waals surface area contributed by atoms with E-state index in [1.807, 2.05) is 13.8 Å². The van der Waals surface area contributed by atoms with Crippen molar-refractivity contribution in [3.8, 4) is 0 Å². The van der Waals surface area contributed by atoms with Gasteiger partial charge in [-0.2, -0.15) is 4.79 Å². The van der Waals surface area contributed by atoms with Crippen molar-refractivity contribution < 1.29 is 14.3 Å². The van der Waals surface area contributed by atoms with E-state index in [0.717, 1.165) is 12.8 Å². The zero-order valence-corrected chi connectivity index (χ0v) is 10.4. The van der Waals surface area contributed by atoms with Gasteiger partial charge in [0.25, 0.3) is 0 Å². The molecule has 0 bridgehead atoms. The van der Waals surface area contributed by atoms with E-state index in [1.54, 1.807) is 4.90 Å². The van der Waals surface area contributed by atoms with Gasteiger partial charge in [0.15, 0.2) is 0 Å². The molecule has 1 fully saturated rings. The average Bonchev–Trinajstić information content (AvgIpc) is 2.52. The third-order valence-corrected chi connectivity index (χ3v) is 2.87. The van der Waals surface area contributed by atoms with Crippen molar-refractivity contribution in [3.63, 3.8) is 0 Å². The molecule has 1 aliphatic rings. The molecule has 1 unspecified atom stereocenters. The molecule has 1 atom stereocenters. The summed E-state index contributed by atoms with van der Waals surface area (Å²) in [5.74, 6) is -0.261. The Morgan fingerprint density at radius 3 is 2.75 bits per heavy atom. The maximum Gasteiger partial charge on any atom is 0.353 e. The number of amides is 1.